The summed E-state index contributed by atoms with van der Waals surface area (Å²) in [5.74, 6) is 0. The summed E-state index contributed by atoms with van der Waals surface area (Å²) in [5, 5.41) is 18.0. The lowest BCUT2D eigenvalue weighted by Gasteiger charge is -2.19. The van der Waals surface area contributed by atoms with Crippen molar-refractivity contribution in [1.29, 1.82) is 0 Å². The molecule has 0 nitrogen and oxygen atoms in total. The van der Waals surface area contributed by atoms with Gasteiger partial charge in [-0.3, -0.25) is 0 Å². The van der Waals surface area contributed by atoms with E-state index in [1.807, 2.05) is 11.3 Å². The number of benzene rings is 12. The first-order chi connectivity index (χ1) is 30.3. The first kappa shape index (κ1) is 34.3. The van der Waals surface area contributed by atoms with Crippen LogP contribution < -0.4 is 0 Å². The van der Waals surface area contributed by atoms with E-state index in [0.717, 1.165) is 0 Å². The van der Waals surface area contributed by atoms with E-state index in [2.05, 4.69) is 218 Å². The molecule has 1 aromatic heterocycles. The predicted octanol–water partition coefficient (Wildman–Crippen LogP) is 17.6. The van der Waals surface area contributed by atoms with E-state index in [1.165, 1.54) is 129 Å². The highest BCUT2D eigenvalue weighted by Crippen LogP contribution is 2.48. The minimum atomic E-state index is 1.22. The molecule has 282 valence electrons. The molecule has 0 aliphatic rings. The summed E-state index contributed by atoms with van der Waals surface area (Å²) in [6.45, 7) is 0. The van der Waals surface area contributed by atoms with Gasteiger partial charge in [-0.2, -0.15) is 0 Å². The normalized spacial score (nSPS) is 11.9. The van der Waals surface area contributed by atoms with Crippen LogP contribution in [0.15, 0.2) is 218 Å². The van der Waals surface area contributed by atoms with Crippen LogP contribution in [0, 0.1) is 0 Å². The third-order valence-electron chi connectivity index (χ3n) is 13.0. The van der Waals surface area contributed by atoms with Gasteiger partial charge in [0.1, 0.15) is 0 Å². The van der Waals surface area contributed by atoms with Crippen molar-refractivity contribution in [3.05, 3.63) is 218 Å². The fourth-order valence-electron chi connectivity index (χ4n) is 10.4. The molecule has 13 rings (SSSR count). The smallest absolute Gasteiger partial charge is 0.0433 e. The molecule has 0 atom stereocenters. The van der Waals surface area contributed by atoms with Crippen LogP contribution in [0.25, 0.3) is 129 Å². The van der Waals surface area contributed by atoms with Gasteiger partial charge in [0, 0.05) is 20.2 Å². The van der Waals surface area contributed by atoms with Crippen molar-refractivity contribution in [2.75, 3.05) is 0 Å². The maximum atomic E-state index is 2.46. The van der Waals surface area contributed by atoms with E-state index < -0.39 is 0 Å². The Bertz CT molecular complexity index is 3880. The van der Waals surface area contributed by atoms with Crippen molar-refractivity contribution < 1.29 is 0 Å². The van der Waals surface area contributed by atoms with Crippen LogP contribution >= 0.6 is 11.3 Å². The Morgan fingerprint density at radius 1 is 0.230 bits per heavy atom. The first-order valence-corrected chi connectivity index (χ1v) is 21.9. The number of hydrogen-bond donors (Lipinski definition) is 0. The Labute approximate surface area is 357 Å². The van der Waals surface area contributed by atoms with Gasteiger partial charge in [-0.05, 0) is 133 Å². The molecule has 0 spiro atoms. The van der Waals surface area contributed by atoms with Crippen LogP contribution in [-0.4, -0.2) is 0 Å². The molecule has 0 N–H and O–H groups in total. The molecule has 0 aliphatic heterocycles. The van der Waals surface area contributed by atoms with Gasteiger partial charge >= 0.3 is 0 Å². The van der Waals surface area contributed by atoms with Gasteiger partial charge in [-0.15, -0.1) is 11.3 Å². The van der Waals surface area contributed by atoms with Crippen LogP contribution in [0.4, 0.5) is 0 Å². The molecule has 0 saturated carbocycles. The van der Waals surface area contributed by atoms with Gasteiger partial charge in [-0.25, -0.2) is 0 Å². The van der Waals surface area contributed by atoms with Gasteiger partial charge < -0.3 is 0 Å². The Morgan fingerprint density at radius 3 is 1.21 bits per heavy atom. The summed E-state index contributed by atoms with van der Waals surface area (Å²) in [6, 6.07) is 81.3. The zero-order chi connectivity index (χ0) is 40.0. The maximum Gasteiger partial charge on any atom is 0.0433 e. The zero-order valence-corrected chi connectivity index (χ0v) is 34.0. The number of fused-ring (bicyclic) bond motifs is 13. The van der Waals surface area contributed by atoms with Crippen molar-refractivity contribution in [1.82, 2.24) is 0 Å². The molecule has 0 aliphatic carbocycles. The number of rotatable bonds is 4. The molecular weight excluding hydrogens is 753 g/mol. The summed E-state index contributed by atoms with van der Waals surface area (Å²) in [4.78, 5) is 0. The Kier molecular flexibility index (Phi) is 7.58. The van der Waals surface area contributed by atoms with E-state index in [-0.39, 0.29) is 0 Å². The number of hydrogen-bond acceptors (Lipinski definition) is 1. The lowest BCUT2D eigenvalue weighted by molar-refractivity contribution is 1.63. The van der Waals surface area contributed by atoms with Crippen LogP contribution in [0.3, 0.4) is 0 Å². The molecule has 0 amide bonds. The summed E-state index contributed by atoms with van der Waals surface area (Å²) in [5.41, 5.74) is 9.97. The van der Waals surface area contributed by atoms with Crippen LogP contribution in [0.2, 0.25) is 0 Å². The van der Waals surface area contributed by atoms with Crippen molar-refractivity contribution >= 4 is 96.1 Å². The van der Waals surface area contributed by atoms with Crippen molar-refractivity contribution in [3.63, 3.8) is 0 Å². The monoisotopic (exact) mass is 788 g/mol. The predicted molar refractivity (Wildman–Crippen MR) is 266 cm³/mol. The third kappa shape index (κ3) is 5.18. The summed E-state index contributed by atoms with van der Waals surface area (Å²) in [7, 11) is 0. The van der Waals surface area contributed by atoms with Crippen molar-refractivity contribution in [3.8, 4) is 44.5 Å². The minimum Gasteiger partial charge on any atom is -0.135 e. The van der Waals surface area contributed by atoms with Gasteiger partial charge in [0.25, 0.3) is 0 Å². The quantitative estimate of drug-likeness (QED) is 0.123. The Morgan fingerprint density at radius 2 is 0.623 bits per heavy atom. The fraction of sp³-hybridized carbons (Fsp3) is 0. The van der Waals surface area contributed by atoms with Gasteiger partial charge in [0.15, 0.2) is 0 Å². The van der Waals surface area contributed by atoms with Gasteiger partial charge in [0.2, 0.25) is 0 Å². The lowest BCUT2D eigenvalue weighted by Crippen LogP contribution is -1.92. The molecule has 1 heterocycles. The second-order valence-corrected chi connectivity index (χ2v) is 17.3. The SMILES string of the molecule is c1cc(-c2c3ccccc3c(-c3cccc(-c4cccc5c4sc4ccccc45)c3)c3ccccc23)cc(-c2cc3c4ccccc4c4ccccc4c3c3ccccc23)c1. The second kappa shape index (κ2) is 13.5. The third-order valence-corrected chi connectivity index (χ3v) is 14.2. The topological polar surface area (TPSA) is 0 Å². The highest BCUT2D eigenvalue weighted by atomic mass is 32.1. The molecule has 0 saturated heterocycles. The largest absolute Gasteiger partial charge is 0.135 e. The highest BCUT2D eigenvalue weighted by molar-refractivity contribution is 7.26. The summed E-state index contributed by atoms with van der Waals surface area (Å²) in [6.07, 6.45) is 0. The maximum absolute atomic E-state index is 2.46. The van der Waals surface area contributed by atoms with E-state index >= 15 is 0 Å². The molecule has 61 heavy (non-hydrogen) atoms. The minimum absolute atomic E-state index is 1.22. The number of thiophene rings is 1. The van der Waals surface area contributed by atoms with Crippen LogP contribution in [-0.2, 0) is 0 Å². The molecule has 0 fully saturated rings. The van der Waals surface area contributed by atoms with Gasteiger partial charge in [-0.1, -0.05) is 194 Å². The molecule has 0 unspecified atom stereocenters. The molecule has 12 aromatic carbocycles. The van der Waals surface area contributed by atoms with E-state index in [4.69, 9.17) is 0 Å². The van der Waals surface area contributed by atoms with Crippen LogP contribution in [0.1, 0.15) is 0 Å². The first-order valence-electron chi connectivity index (χ1n) is 21.1. The summed E-state index contributed by atoms with van der Waals surface area (Å²) >= 11 is 1.89. The average Bonchev–Trinajstić information content (AvgIpc) is 3.72. The average molecular weight is 789 g/mol. The summed E-state index contributed by atoms with van der Waals surface area (Å²) < 4.78 is 2.67. The Hall–Kier alpha value is -7.58. The molecule has 0 bridgehead atoms. The highest BCUT2D eigenvalue weighted by Gasteiger charge is 2.20. The van der Waals surface area contributed by atoms with E-state index in [9.17, 15) is 0 Å². The van der Waals surface area contributed by atoms with E-state index in [0.29, 0.717) is 0 Å². The molecule has 13 aromatic rings. The molecular formula is C60H36S. The van der Waals surface area contributed by atoms with Crippen molar-refractivity contribution in [2.45, 2.75) is 0 Å². The fourth-order valence-corrected chi connectivity index (χ4v) is 11.7. The Balaban J connectivity index is 1.03. The van der Waals surface area contributed by atoms with Crippen molar-refractivity contribution in [2.24, 2.45) is 0 Å². The lowest BCUT2D eigenvalue weighted by atomic mass is 9.84. The van der Waals surface area contributed by atoms with Crippen LogP contribution in [0.5, 0.6) is 0 Å². The zero-order valence-electron chi connectivity index (χ0n) is 33.2. The van der Waals surface area contributed by atoms with Gasteiger partial charge in [0.05, 0.1) is 0 Å². The second-order valence-electron chi connectivity index (χ2n) is 16.3. The standard InChI is InChI=1S/C60H36S/c1-2-22-44-42(20-1)43-21-3-5-25-47(43)59-48-26-6-4-23-45(48)54(36-55(44)59)38-17-14-19-40(35-38)58-51-29-9-7-27-49(51)57(50-28-8-10-30-52(50)58)39-18-13-16-37(34-39)41-31-15-32-53-46-24-11-12-33-56(46)61-60(41)53/h1-36H. The van der Waals surface area contributed by atoms with E-state index in [1.54, 1.807) is 0 Å². The molecule has 1 heteroatoms. The molecule has 0 radical (unpaired) electrons.